The molecule has 0 radical (unpaired) electrons. The van der Waals surface area contributed by atoms with Crippen LogP contribution in [0.25, 0.3) is 6.08 Å². The molecule has 0 saturated carbocycles. The second-order valence-electron chi connectivity index (χ2n) is 8.18. The highest BCUT2D eigenvalue weighted by molar-refractivity contribution is 5.96. The van der Waals surface area contributed by atoms with E-state index in [9.17, 15) is 4.79 Å². The number of allylic oxidation sites excluding steroid dienone is 3. The number of hydrogen-bond donors (Lipinski definition) is 2. The number of nitrogens with two attached hydrogens (primary N) is 1. The predicted octanol–water partition coefficient (Wildman–Crippen LogP) is 3.86. The maximum Gasteiger partial charge on any atom is 0.251 e. The minimum absolute atomic E-state index is 0.0589. The number of carbonyl (C=O) groups excluding carboxylic acids is 1. The van der Waals surface area contributed by atoms with Gasteiger partial charge in [0.25, 0.3) is 5.91 Å². The largest absolute Gasteiger partial charge is 0.368 e. The number of anilines is 1. The zero-order valence-corrected chi connectivity index (χ0v) is 18.2. The molecule has 1 fully saturated rings. The Morgan fingerprint density at radius 3 is 2.59 bits per heavy atom. The fraction of sp³-hybridized carbons (Fsp3) is 0.435. The lowest BCUT2D eigenvalue weighted by atomic mass is 10.1. The molecule has 0 bridgehead atoms. The van der Waals surface area contributed by atoms with Crippen LogP contribution in [-0.2, 0) is 4.79 Å². The summed E-state index contributed by atoms with van der Waals surface area (Å²) in [5, 5.41) is 3.04. The van der Waals surface area contributed by atoms with Crippen molar-refractivity contribution in [2.75, 3.05) is 18.8 Å². The van der Waals surface area contributed by atoms with E-state index in [0.29, 0.717) is 5.57 Å². The van der Waals surface area contributed by atoms with E-state index in [1.54, 1.807) is 12.4 Å². The number of likely N-dealkylation sites (tertiary alicyclic amines) is 1. The van der Waals surface area contributed by atoms with E-state index in [2.05, 4.69) is 45.3 Å². The van der Waals surface area contributed by atoms with E-state index in [-0.39, 0.29) is 17.4 Å². The number of amides is 1. The van der Waals surface area contributed by atoms with Gasteiger partial charge in [-0.1, -0.05) is 25.2 Å². The van der Waals surface area contributed by atoms with E-state index in [0.717, 1.165) is 37.2 Å². The topological polar surface area (TPSA) is 84.1 Å². The molecule has 2 heterocycles. The van der Waals surface area contributed by atoms with Gasteiger partial charge in [0.2, 0.25) is 5.95 Å². The lowest BCUT2D eigenvalue weighted by Crippen LogP contribution is -2.41. The Morgan fingerprint density at radius 1 is 1.31 bits per heavy atom. The lowest BCUT2D eigenvalue weighted by molar-refractivity contribution is -0.118. The summed E-state index contributed by atoms with van der Waals surface area (Å²) < 4.78 is 0. The molecule has 0 unspecified atom stereocenters. The summed E-state index contributed by atoms with van der Waals surface area (Å²) in [6, 6.07) is 0. The smallest absolute Gasteiger partial charge is 0.251 e. The minimum Gasteiger partial charge on any atom is -0.368 e. The van der Waals surface area contributed by atoms with Crippen LogP contribution < -0.4 is 11.1 Å². The van der Waals surface area contributed by atoms with Crippen LogP contribution in [0, 0.1) is 0 Å². The number of rotatable bonds is 6. The number of nitrogen functional groups attached to an aromatic ring is 1. The van der Waals surface area contributed by atoms with Crippen LogP contribution in [-0.4, -0.2) is 39.4 Å². The molecule has 2 rings (SSSR count). The average Bonchev–Trinajstić information content (AvgIpc) is 3.10. The summed E-state index contributed by atoms with van der Waals surface area (Å²) in [5.74, 6) is 0.221. The van der Waals surface area contributed by atoms with Crippen LogP contribution in [0.15, 0.2) is 53.5 Å². The summed E-state index contributed by atoms with van der Waals surface area (Å²) in [6.45, 7) is 11.7. The average molecular weight is 396 g/mol. The van der Waals surface area contributed by atoms with E-state index in [1.807, 2.05) is 39.8 Å². The first-order valence-corrected chi connectivity index (χ1v) is 10.1. The van der Waals surface area contributed by atoms with Gasteiger partial charge in [0.1, 0.15) is 0 Å². The van der Waals surface area contributed by atoms with Gasteiger partial charge in [0.05, 0.1) is 0 Å². The van der Waals surface area contributed by atoms with Crippen molar-refractivity contribution in [3.05, 3.63) is 59.1 Å². The standard InChI is InChI=1S/C23H33N5O/c1-6-8-9-20(13-19(7-2)21(29)27-23(3,4)5)28-11-10-17(16-28)12-18-14-25-22(24)26-15-18/h7-9,12-15H,6,10-11,16H2,1-5H3,(H,27,29)(H2,24,25,26)/b9-8-,17-12+,19-7+,20-13+. The molecule has 0 spiro atoms. The number of hydrogen-bond acceptors (Lipinski definition) is 5. The molecule has 0 aliphatic carbocycles. The van der Waals surface area contributed by atoms with Crippen LogP contribution in [0.3, 0.4) is 0 Å². The summed E-state index contributed by atoms with van der Waals surface area (Å²) in [5.41, 5.74) is 9.25. The van der Waals surface area contributed by atoms with E-state index >= 15 is 0 Å². The van der Waals surface area contributed by atoms with Gasteiger partial charge in [-0.05, 0) is 58.3 Å². The third-order valence-electron chi connectivity index (χ3n) is 4.41. The Hall–Kier alpha value is -2.89. The molecule has 6 nitrogen and oxygen atoms in total. The Kier molecular flexibility index (Phi) is 7.76. The molecule has 1 aromatic heterocycles. The monoisotopic (exact) mass is 395 g/mol. The summed E-state index contributed by atoms with van der Waals surface area (Å²) >= 11 is 0. The van der Waals surface area contributed by atoms with Crippen LogP contribution in [0.1, 0.15) is 53.0 Å². The van der Waals surface area contributed by atoms with Crippen molar-refractivity contribution >= 4 is 17.9 Å². The molecule has 3 N–H and O–H groups in total. The van der Waals surface area contributed by atoms with Crippen molar-refractivity contribution in [2.24, 2.45) is 0 Å². The van der Waals surface area contributed by atoms with Crippen molar-refractivity contribution in [1.82, 2.24) is 20.2 Å². The third-order valence-corrected chi connectivity index (χ3v) is 4.41. The number of carbonyl (C=O) groups is 1. The van der Waals surface area contributed by atoms with Crippen LogP contribution in [0.5, 0.6) is 0 Å². The van der Waals surface area contributed by atoms with Gasteiger partial charge in [-0.15, -0.1) is 0 Å². The molecule has 1 aliphatic rings. The zero-order chi connectivity index (χ0) is 21.4. The highest BCUT2D eigenvalue weighted by Gasteiger charge is 2.20. The summed E-state index contributed by atoms with van der Waals surface area (Å²) in [6.07, 6.45) is 15.5. The second-order valence-corrected chi connectivity index (χ2v) is 8.18. The van der Waals surface area contributed by atoms with Gasteiger partial charge in [-0.25, -0.2) is 9.97 Å². The van der Waals surface area contributed by atoms with Crippen molar-refractivity contribution in [1.29, 1.82) is 0 Å². The molecule has 156 valence electrons. The first kappa shape index (κ1) is 22.4. The van der Waals surface area contributed by atoms with Gasteiger partial charge < -0.3 is 16.0 Å². The third kappa shape index (κ3) is 7.22. The fourth-order valence-corrected chi connectivity index (χ4v) is 3.01. The molecule has 0 atom stereocenters. The predicted molar refractivity (Wildman–Crippen MR) is 120 cm³/mol. The van der Waals surface area contributed by atoms with E-state index < -0.39 is 0 Å². The number of nitrogens with one attached hydrogen (secondary N) is 1. The summed E-state index contributed by atoms with van der Waals surface area (Å²) in [7, 11) is 0. The quantitative estimate of drug-likeness (QED) is 0.564. The lowest BCUT2D eigenvalue weighted by Gasteiger charge is -2.22. The van der Waals surface area contributed by atoms with Crippen LogP contribution in [0.2, 0.25) is 0 Å². The Labute approximate surface area is 174 Å². The second kappa shape index (κ2) is 10.0. The Balaban J connectivity index is 2.21. The van der Waals surface area contributed by atoms with Crippen LogP contribution in [0.4, 0.5) is 5.95 Å². The van der Waals surface area contributed by atoms with Gasteiger partial charge in [-0.2, -0.15) is 0 Å². The van der Waals surface area contributed by atoms with Gasteiger partial charge >= 0.3 is 0 Å². The zero-order valence-electron chi connectivity index (χ0n) is 18.2. The van der Waals surface area contributed by atoms with Crippen LogP contribution >= 0.6 is 0 Å². The number of aromatic nitrogens is 2. The van der Waals surface area contributed by atoms with E-state index in [4.69, 9.17) is 5.73 Å². The van der Waals surface area contributed by atoms with Gasteiger partial charge in [-0.3, -0.25) is 4.79 Å². The Bertz CT molecular complexity index is 826. The highest BCUT2D eigenvalue weighted by Crippen LogP contribution is 2.24. The van der Waals surface area contributed by atoms with Crippen molar-refractivity contribution in [3.63, 3.8) is 0 Å². The van der Waals surface area contributed by atoms with Crippen molar-refractivity contribution < 1.29 is 4.79 Å². The van der Waals surface area contributed by atoms with Crippen molar-refractivity contribution in [3.8, 4) is 0 Å². The first-order chi connectivity index (χ1) is 13.7. The SMILES string of the molecule is C\C=C(/C=C(\C=C/CC)N1CC/C(=C\c2cnc(N)nc2)C1)C(=O)NC(C)(C)C. The first-order valence-electron chi connectivity index (χ1n) is 10.1. The molecule has 6 heteroatoms. The molecular formula is C23H33N5O. The summed E-state index contributed by atoms with van der Waals surface area (Å²) in [4.78, 5) is 23.0. The molecule has 1 aromatic rings. The highest BCUT2D eigenvalue weighted by atomic mass is 16.1. The van der Waals surface area contributed by atoms with Crippen molar-refractivity contribution in [2.45, 2.75) is 53.0 Å². The molecule has 0 aromatic carbocycles. The van der Waals surface area contributed by atoms with Gasteiger partial charge in [0, 0.05) is 47.9 Å². The molecule has 1 aliphatic heterocycles. The maximum atomic E-state index is 12.6. The van der Waals surface area contributed by atoms with E-state index in [1.165, 1.54) is 5.57 Å². The fourth-order valence-electron chi connectivity index (χ4n) is 3.01. The molecule has 1 amide bonds. The maximum absolute atomic E-state index is 12.6. The minimum atomic E-state index is -0.274. The Morgan fingerprint density at radius 2 is 2.00 bits per heavy atom. The van der Waals surface area contributed by atoms with Gasteiger partial charge in [0.15, 0.2) is 0 Å². The molecule has 29 heavy (non-hydrogen) atoms. The molecular weight excluding hydrogens is 362 g/mol. The molecule has 1 saturated heterocycles. The number of nitrogens with zero attached hydrogens (tertiary/aromatic N) is 3. The normalized spacial score (nSPS) is 17.4.